The largest absolute Gasteiger partial charge is 0.493 e. The highest BCUT2D eigenvalue weighted by Gasteiger charge is 2.12. The Labute approximate surface area is 170 Å². The van der Waals surface area contributed by atoms with Crippen LogP contribution >= 0.6 is 34.2 Å². The molecule has 3 aromatic carbocycles. The lowest BCUT2D eigenvalue weighted by Crippen LogP contribution is -2.01. The summed E-state index contributed by atoms with van der Waals surface area (Å²) in [4.78, 5) is 10.9. The van der Waals surface area contributed by atoms with Crippen LogP contribution in [-0.4, -0.2) is 12.4 Å². The Morgan fingerprint density at radius 3 is 2.69 bits per heavy atom. The van der Waals surface area contributed by atoms with Gasteiger partial charge in [0.15, 0.2) is 11.5 Å². The molecule has 0 aliphatic carbocycles. The van der Waals surface area contributed by atoms with Crippen LogP contribution in [0.3, 0.4) is 0 Å². The van der Waals surface area contributed by atoms with Crippen molar-refractivity contribution >= 4 is 56.3 Å². The van der Waals surface area contributed by atoms with Gasteiger partial charge in [-0.05, 0) is 80.4 Å². The van der Waals surface area contributed by atoms with Crippen LogP contribution < -0.4 is 9.47 Å². The lowest BCUT2D eigenvalue weighted by atomic mass is 10.1. The molecule has 0 saturated heterocycles. The molecule has 0 heterocycles. The molecule has 3 rings (SSSR count). The molecule has 0 fully saturated rings. The molecule has 3 aromatic rings. The van der Waals surface area contributed by atoms with Crippen LogP contribution in [0.2, 0.25) is 0 Å². The van der Waals surface area contributed by atoms with Crippen LogP contribution in [0.1, 0.15) is 11.1 Å². The van der Waals surface area contributed by atoms with Gasteiger partial charge in [0, 0.05) is 0 Å². The van der Waals surface area contributed by atoms with Crippen molar-refractivity contribution in [3.63, 3.8) is 0 Å². The predicted molar refractivity (Wildman–Crippen MR) is 114 cm³/mol. The highest BCUT2D eigenvalue weighted by atomic mass is 127. The maximum atomic E-state index is 10.9. The molecule has 3 nitrogen and oxygen atoms in total. The standard InChI is InChI=1S/C21H16ClIO3/c1-25-19-12-14(9-10-20(22)24)11-18(23)21(19)26-13-16-7-4-6-15-5-2-3-8-17(15)16/h2-12H,13H2,1H3/b10-9+. The Morgan fingerprint density at radius 2 is 1.92 bits per heavy atom. The fourth-order valence-corrected chi connectivity index (χ4v) is 3.55. The summed E-state index contributed by atoms with van der Waals surface area (Å²) in [6.07, 6.45) is 2.96. The summed E-state index contributed by atoms with van der Waals surface area (Å²) in [6.45, 7) is 0.434. The van der Waals surface area contributed by atoms with E-state index in [4.69, 9.17) is 21.1 Å². The zero-order valence-corrected chi connectivity index (χ0v) is 17.0. The fourth-order valence-electron chi connectivity index (χ4n) is 2.71. The van der Waals surface area contributed by atoms with Crippen LogP contribution in [0.5, 0.6) is 11.5 Å². The van der Waals surface area contributed by atoms with Crippen molar-refractivity contribution < 1.29 is 14.3 Å². The molecule has 0 bridgehead atoms. The lowest BCUT2D eigenvalue weighted by Gasteiger charge is -2.14. The number of halogens is 2. The molecule has 0 radical (unpaired) electrons. The Bertz CT molecular complexity index is 977. The van der Waals surface area contributed by atoms with E-state index in [1.165, 1.54) is 16.8 Å². The third-order valence-corrected chi connectivity index (χ3v) is 4.84. The van der Waals surface area contributed by atoms with Crippen molar-refractivity contribution in [1.29, 1.82) is 0 Å². The zero-order valence-electron chi connectivity index (χ0n) is 14.0. The second-order valence-corrected chi connectivity index (χ2v) is 7.13. The third kappa shape index (κ3) is 4.37. The molecule has 26 heavy (non-hydrogen) atoms. The highest BCUT2D eigenvalue weighted by Crippen LogP contribution is 2.35. The molecular formula is C21H16ClIO3. The zero-order chi connectivity index (χ0) is 18.5. The summed E-state index contributed by atoms with van der Waals surface area (Å²) in [5, 5.41) is 1.83. The summed E-state index contributed by atoms with van der Waals surface area (Å²) in [7, 11) is 1.59. The van der Waals surface area contributed by atoms with Gasteiger partial charge >= 0.3 is 0 Å². The minimum atomic E-state index is -0.518. The maximum absolute atomic E-state index is 10.9. The third-order valence-electron chi connectivity index (χ3n) is 3.91. The number of ether oxygens (including phenoxy) is 2. The highest BCUT2D eigenvalue weighted by molar-refractivity contribution is 14.1. The SMILES string of the molecule is COc1cc(/C=C/C(=O)Cl)cc(I)c1OCc1cccc2ccccc12. The Hall–Kier alpha value is -2.05. The number of methoxy groups -OCH3 is 1. The first-order chi connectivity index (χ1) is 12.6. The van der Waals surface area contributed by atoms with Crippen molar-refractivity contribution in [3.8, 4) is 11.5 Å². The molecule has 5 heteroatoms. The van der Waals surface area contributed by atoms with Gasteiger partial charge in [-0.2, -0.15) is 0 Å². The van der Waals surface area contributed by atoms with Gasteiger partial charge < -0.3 is 9.47 Å². The fraction of sp³-hybridized carbons (Fsp3) is 0.0952. The Kier molecular flexibility index (Phi) is 6.16. The smallest absolute Gasteiger partial charge is 0.245 e. The van der Waals surface area contributed by atoms with Crippen LogP contribution in [0.4, 0.5) is 0 Å². The number of allylic oxidation sites excluding steroid dienone is 1. The molecular weight excluding hydrogens is 463 g/mol. The second-order valence-electron chi connectivity index (χ2n) is 5.60. The minimum Gasteiger partial charge on any atom is -0.493 e. The summed E-state index contributed by atoms with van der Waals surface area (Å²) in [6, 6.07) is 18.1. The van der Waals surface area contributed by atoms with Gasteiger partial charge in [0.25, 0.3) is 0 Å². The van der Waals surface area contributed by atoms with Crippen molar-refractivity contribution in [1.82, 2.24) is 0 Å². The molecule has 132 valence electrons. The second kappa shape index (κ2) is 8.56. The van der Waals surface area contributed by atoms with E-state index in [0.29, 0.717) is 18.1 Å². The number of rotatable bonds is 6. The molecule has 0 saturated carbocycles. The molecule has 0 aliphatic rings. The van der Waals surface area contributed by atoms with Crippen LogP contribution in [-0.2, 0) is 11.4 Å². The van der Waals surface area contributed by atoms with E-state index in [1.807, 2.05) is 30.3 Å². The number of hydrogen-bond donors (Lipinski definition) is 0. The van der Waals surface area contributed by atoms with Crippen LogP contribution in [0.25, 0.3) is 16.8 Å². The van der Waals surface area contributed by atoms with Gasteiger partial charge in [-0.15, -0.1) is 0 Å². The molecule has 0 spiro atoms. The lowest BCUT2D eigenvalue weighted by molar-refractivity contribution is -0.107. The van der Waals surface area contributed by atoms with E-state index in [0.717, 1.165) is 14.7 Å². The average molecular weight is 479 g/mol. The van der Waals surface area contributed by atoms with Gasteiger partial charge in [-0.25, -0.2) is 0 Å². The number of fused-ring (bicyclic) bond motifs is 1. The number of benzene rings is 3. The molecule has 0 N–H and O–H groups in total. The first-order valence-electron chi connectivity index (χ1n) is 7.93. The number of carbonyl (C=O) groups excluding carboxylic acids is 1. The summed E-state index contributed by atoms with van der Waals surface area (Å²) in [5.74, 6) is 1.29. The molecule has 0 unspecified atom stereocenters. The predicted octanol–water partition coefficient (Wildman–Crippen LogP) is 5.81. The van der Waals surface area contributed by atoms with E-state index in [9.17, 15) is 4.79 Å². The first-order valence-corrected chi connectivity index (χ1v) is 9.38. The van der Waals surface area contributed by atoms with Crippen LogP contribution in [0.15, 0.2) is 60.7 Å². The van der Waals surface area contributed by atoms with E-state index in [2.05, 4.69) is 46.9 Å². The minimum absolute atomic E-state index is 0.434. The van der Waals surface area contributed by atoms with Gasteiger partial charge in [0.2, 0.25) is 5.24 Å². The average Bonchev–Trinajstić information content (AvgIpc) is 2.65. The van der Waals surface area contributed by atoms with E-state index in [1.54, 1.807) is 13.2 Å². The first kappa shape index (κ1) is 18.7. The quantitative estimate of drug-likeness (QED) is 0.255. The van der Waals surface area contributed by atoms with Gasteiger partial charge in [0.1, 0.15) is 6.61 Å². The molecule has 0 aromatic heterocycles. The van der Waals surface area contributed by atoms with E-state index in [-0.39, 0.29) is 0 Å². The maximum Gasteiger partial charge on any atom is 0.245 e. The molecule has 0 atom stereocenters. The Morgan fingerprint density at radius 1 is 1.15 bits per heavy atom. The van der Waals surface area contributed by atoms with Crippen molar-refractivity contribution in [3.05, 3.63) is 75.4 Å². The van der Waals surface area contributed by atoms with Gasteiger partial charge in [-0.3, -0.25) is 4.79 Å². The van der Waals surface area contributed by atoms with Crippen molar-refractivity contribution in [2.45, 2.75) is 6.61 Å². The van der Waals surface area contributed by atoms with Gasteiger partial charge in [0.05, 0.1) is 10.7 Å². The van der Waals surface area contributed by atoms with Crippen molar-refractivity contribution in [2.24, 2.45) is 0 Å². The molecule has 0 amide bonds. The monoisotopic (exact) mass is 478 g/mol. The van der Waals surface area contributed by atoms with E-state index >= 15 is 0 Å². The van der Waals surface area contributed by atoms with Gasteiger partial charge in [-0.1, -0.05) is 42.5 Å². The topological polar surface area (TPSA) is 35.5 Å². The van der Waals surface area contributed by atoms with Crippen LogP contribution in [0, 0.1) is 3.57 Å². The number of hydrogen-bond acceptors (Lipinski definition) is 3. The number of carbonyl (C=O) groups is 1. The normalized spacial score (nSPS) is 11.0. The van der Waals surface area contributed by atoms with Crippen molar-refractivity contribution in [2.75, 3.05) is 7.11 Å². The summed E-state index contributed by atoms with van der Waals surface area (Å²) in [5.41, 5.74) is 1.93. The molecule has 0 aliphatic heterocycles. The van der Waals surface area contributed by atoms with E-state index < -0.39 is 5.24 Å². The summed E-state index contributed by atoms with van der Waals surface area (Å²) < 4.78 is 12.4. The Balaban J connectivity index is 1.88. The summed E-state index contributed by atoms with van der Waals surface area (Å²) >= 11 is 7.55.